The third kappa shape index (κ3) is 2.96. The van der Waals surface area contributed by atoms with Crippen molar-refractivity contribution in [3.63, 3.8) is 0 Å². The number of hydrogen-bond acceptors (Lipinski definition) is 2. The van der Waals surface area contributed by atoms with Gasteiger partial charge in [0.2, 0.25) is 0 Å². The number of nitrogens with zero attached hydrogens (tertiary/aromatic N) is 1. The minimum absolute atomic E-state index is 0.0637. The maximum absolute atomic E-state index is 12.2. The molecule has 0 saturated carbocycles. The maximum atomic E-state index is 12.2. The van der Waals surface area contributed by atoms with E-state index in [0.29, 0.717) is 16.7 Å². The number of amides is 1. The first-order chi connectivity index (χ1) is 8.02. The van der Waals surface area contributed by atoms with Crippen LogP contribution in [0.1, 0.15) is 34.6 Å². The van der Waals surface area contributed by atoms with Gasteiger partial charge in [0.15, 0.2) is 0 Å². The van der Waals surface area contributed by atoms with Gasteiger partial charge in [-0.3, -0.25) is 4.79 Å². The smallest absolute Gasteiger partial charge is 0.336 e. The molecular weight excluding hydrogens is 333 g/mol. The number of benzene rings is 1. The molecule has 92 valence electrons. The van der Waals surface area contributed by atoms with Gasteiger partial charge in [-0.2, -0.15) is 0 Å². The van der Waals surface area contributed by atoms with Gasteiger partial charge in [0.25, 0.3) is 5.91 Å². The number of aromatic carboxylic acids is 1. The minimum Gasteiger partial charge on any atom is -0.478 e. The van der Waals surface area contributed by atoms with Gasteiger partial charge in [-0.05, 0) is 48.6 Å². The van der Waals surface area contributed by atoms with E-state index in [1.54, 1.807) is 17.0 Å². The lowest BCUT2D eigenvalue weighted by atomic mass is 10.1. The molecule has 1 aromatic rings. The molecule has 0 unspecified atom stereocenters. The van der Waals surface area contributed by atoms with Crippen LogP contribution in [0.25, 0.3) is 0 Å². The lowest BCUT2D eigenvalue weighted by Gasteiger charge is -2.20. The molecule has 0 heterocycles. The largest absolute Gasteiger partial charge is 0.478 e. The van der Waals surface area contributed by atoms with Crippen molar-refractivity contribution in [1.82, 2.24) is 4.90 Å². The predicted molar refractivity (Wildman–Crippen MR) is 73.4 cm³/mol. The van der Waals surface area contributed by atoms with Crippen LogP contribution in [0.2, 0.25) is 0 Å². The molecule has 1 rings (SSSR count). The van der Waals surface area contributed by atoms with Crippen LogP contribution in [-0.2, 0) is 0 Å². The van der Waals surface area contributed by atoms with Crippen molar-refractivity contribution in [3.8, 4) is 0 Å². The second-order valence-electron chi connectivity index (χ2n) is 3.44. The lowest BCUT2D eigenvalue weighted by molar-refractivity contribution is 0.0677. The highest BCUT2D eigenvalue weighted by Gasteiger charge is 2.22. The maximum Gasteiger partial charge on any atom is 0.336 e. The fourth-order valence-electron chi connectivity index (χ4n) is 1.59. The number of carboxylic acid groups (broad SMARTS) is 1. The molecule has 0 atom stereocenters. The first-order valence-electron chi connectivity index (χ1n) is 5.34. The molecule has 0 aliphatic heterocycles. The minimum atomic E-state index is -1.07. The van der Waals surface area contributed by atoms with Gasteiger partial charge in [0.05, 0.1) is 11.1 Å². The molecule has 1 N–H and O–H groups in total. The van der Waals surface area contributed by atoms with Crippen LogP contribution in [0, 0.1) is 3.57 Å². The Labute approximate surface area is 114 Å². The molecule has 0 bridgehead atoms. The van der Waals surface area contributed by atoms with Crippen molar-refractivity contribution in [2.45, 2.75) is 13.8 Å². The Kier molecular flexibility index (Phi) is 4.92. The van der Waals surface area contributed by atoms with E-state index >= 15 is 0 Å². The Morgan fingerprint density at radius 2 is 1.88 bits per heavy atom. The van der Waals surface area contributed by atoms with E-state index in [2.05, 4.69) is 0 Å². The van der Waals surface area contributed by atoms with Gasteiger partial charge in [-0.15, -0.1) is 0 Å². The Morgan fingerprint density at radius 3 is 2.35 bits per heavy atom. The van der Waals surface area contributed by atoms with E-state index < -0.39 is 5.97 Å². The van der Waals surface area contributed by atoms with Crippen molar-refractivity contribution in [3.05, 3.63) is 32.9 Å². The van der Waals surface area contributed by atoms with Gasteiger partial charge >= 0.3 is 5.97 Å². The molecule has 1 aromatic carbocycles. The molecule has 0 saturated heterocycles. The normalized spacial score (nSPS) is 10.1. The lowest BCUT2D eigenvalue weighted by Crippen LogP contribution is -2.32. The molecule has 0 aromatic heterocycles. The standard InChI is InChI=1S/C12H14INO3/c1-3-14(4-2)11(15)10-8(12(16)17)6-5-7-9(10)13/h5-7H,3-4H2,1-2H3,(H,16,17). The number of rotatable bonds is 4. The van der Waals surface area contributed by atoms with Crippen LogP contribution in [0.5, 0.6) is 0 Å². The van der Waals surface area contributed by atoms with E-state index in [9.17, 15) is 9.59 Å². The van der Waals surface area contributed by atoms with Crippen molar-refractivity contribution in [1.29, 1.82) is 0 Å². The summed E-state index contributed by atoms with van der Waals surface area (Å²) in [5.41, 5.74) is 0.345. The fourth-order valence-corrected chi connectivity index (χ4v) is 2.32. The summed E-state index contributed by atoms with van der Waals surface area (Å²) in [6, 6.07) is 4.84. The molecule has 4 nitrogen and oxygen atoms in total. The number of halogens is 1. The van der Waals surface area contributed by atoms with Crippen LogP contribution >= 0.6 is 22.6 Å². The van der Waals surface area contributed by atoms with Gasteiger partial charge in [-0.25, -0.2) is 4.79 Å². The van der Waals surface area contributed by atoms with Crippen LogP contribution < -0.4 is 0 Å². The monoisotopic (exact) mass is 347 g/mol. The first kappa shape index (κ1) is 14.0. The summed E-state index contributed by atoms with van der Waals surface area (Å²) >= 11 is 1.99. The Morgan fingerprint density at radius 1 is 1.29 bits per heavy atom. The third-order valence-electron chi connectivity index (χ3n) is 2.51. The van der Waals surface area contributed by atoms with Gasteiger partial charge in [-0.1, -0.05) is 6.07 Å². The Bertz CT molecular complexity index is 441. The van der Waals surface area contributed by atoms with Gasteiger partial charge < -0.3 is 10.0 Å². The average Bonchev–Trinajstić information content (AvgIpc) is 2.29. The first-order valence-corrected chi connectivity index (χ1v) is 6.41. The summed E-state index contributed by atoms with van der Waals surface area (Å²) in [4.78, 5) is 24.9. The molecule has 0 radical (unpaired) electrons. The summed E-state index contributed by atoms with van der Waals surface area (Å²) < 4.78 is 0.666. The third-order valence-corrected chi connectivity index (χ3v) is 3.41. The van der Waals surface area contributed by atoms with Crippen LogP contribution in [0.15, 0.2) is 18.2 Å². The summed E-state index contributed by atoms with van der Waals surface area (Å²) in [5.74, 6) is -1.29. The highest BCUT2D eigenvalue weighted by molar-refractivity contribution is 14.1. The zero-order chi connectivity index (χ0) is 13.0. The summed E-state index contributed by atoms with van der Waals surface area (Å²) in [6.07, 6.45) is 0. The molecule has 17 heavy (non-hydrogen) atoms. The van der Waals surface area contributed by atoms with E-state index in [-0.39, 0.29) is 17.0 Å². The van der Waals surface area contributed by atoms with Crippen LogP contribution in [0.3, 0.4) is 0 Å². The molecule has 5 heteroatoms. The molecular formula is C12H14INO3. The quantitative estimate of drug-likeness (QED) is 0.852. The number of carbonyl (C=O) groups is 2. The molecule has 0 aliphatic carbocycles. The average molecular weight is 347 g/mol. The van der Waals surface area contributed by atoms with E-state index in [1.165, 1.54) is 6.07 Å². The van der Waals surface area contributed by atoms with Crippen molar-refractivity contribution < 1.29 is 14.7 Å². The Hall–Kier alpha value is -1.11. The zero-order valence-electron chi connectivity index (χ0n) is 9.74. The van der Waals surface area contributed by atoms with Gasteiger partial charge in [0, 0.05) is 16.7 Å². The molecule has 0 aliphatic rings. The summed E-state index contributed by atoms with van der Waals surface area (Å²) in [5, 5.41) is 9.09. The molecule has 1 amide bonds. The zero-order valence-corrected chi connectivity index (χ0v) is 11.9. The van der Waals surface area contributed by atoms with E-state index in [0.717, 1.165) is 0 Å². The second kappa shape index (κ2) is 6.00. The fraction of sp³-hybridized carbons (Fsp3) is 0.333. The van der Waals surface area contributed by atoms with Crippen molar-refractivity contribution >= 4 is 34.5 Å². The number of carboxylic acids is 1. The summed E-state index contributed by atoms with van der Waals surface area (Å²) in [7, 11) is 0. The van der Waals surface area contributed by atoms with Gasteiger partial charge in [0.1, 0.15) is 0 Å². The highest BCUT2D eigenvalue weighted by atomic mass is 127. The number of carbonyl (C=O) groups excluding carboxylic acids is 1. The topological polar surface area (TPSA) is 57.6 Å². The SMILES string of the molecule is CCN(CC)C(=O)c1c(I)cccc1C(=O)O. The summed E-state index contributed by atoms with van der Waals surface area (Å²) in [6.45, 7) is 4.88. The highest BCUT2D eigenvalue weighted by Crippen LogP contribution is 2.19. The second-order valence-corrected chi connectivity index (χ2v) is 4.61. The van der Waals surface area contributed by atoms with E-state index in [4.69, 9.17) is 5.11 Å². The number of hydrogen-bond donors (Lipinski definition) is 1. The van der Waals surface area contributed by atoms with Crippen LogP contribution in [0.4, 0.5) is 0 Å². The van der Waals surface area contributed by atoms with Crippen molar-refractivity contribution in [2.75, 3.05) is 13.1 Å². The Balaban J connectivity index is 3.29. The van der Waals surface area contributed by atoms with E-state index in [1.807, 2.05) is 36.4 Å². The molecule has 0 fully saturated rings. The van der Waals surface area contributed by atoms with Crippen LogP contribution in [-0.4, -0.2) is 35.0 Å². The predicted octanol–water partition coefficient (Wildman–Crippen LogP) is 2.47. The van der Waals surface area contributed by atoms with Crippen molar-refractivity contribution in [2.24, 2.45) is 0 Å². The molecule has 0 spiro atoms.